The first-order valence-corrected chi connectivity index (χ1v) is 7.80. The van der Waals surface area contributed by atoms with Gasteiger partial charge in [-0.1, -0.05) is 0 Å². The van der Waals surface area contributed by atoms with Gasteiger partial charge in [-0.2, -0.15) is 0 Å². The van der Waals surface area contributed by atoms with Crippen molar-refractivity contribution in [1.82, 2.24) is 9.88 Å². The van der Waals surface area contributed by atoms with Crippen LogP contribution in [-0.4, -0.2) is 42.1 Å². The molecule has 1 saturated heterocycles. The Bertz CT molecular complexity index is 457. The van der Waals surface area contributed by atoms with Gasteiger partial charge in [0.15, 0.2) is 0 Å². The number of carbonyl (C=O) groups excluding carboxylic acids is 1. The maximum atomic E-state index is 11.7. The summed E-state index contributed by atoms with van der Waals surface area (Å²) in [6, 6.07) is 4.08. The fourth-order valence-electron chi connectivity index (χ4n) is 2.69. The number of piperidine rings is 1. The molecule has 1 aliphatic rings. The lowest BCUT2D eigenvalue weighted by Crippen LogP contribution is -2.36. The van der Waals surface area contributed by atoms with Gasteiger partial charge in [-0.25, -0.2) is 0 Å². The van der Waals surface area contributed by atoms with E-state index in [4.69, 9.17) is 4.74 Å². The van der Waals surface area contributed by atoms with Crippen LogP contribution in [0.3, 0.4) is 0 Å². The summed E-state index contributed by atoms with van der Waals surface area (Å²) >= 11 is 0. The molecule has 0 saturated carbocycles. The SMILES string of the molecule is CCNc1ccnc(CN2CCC(C(=O)OCC)CC2)c1. The number of nitrogens with one attached hydrogen (secondary N) is 1. The molecule has 0 unspecified atom stereocenters. The molecule has 0 bridgehead atoms. The van der Waals surface area contributed by atoms with Gasteiger partial charge >= 0.3 is 5.97 Å². The van der Waals surface area contributed by atoms with Crippen molar-refractivity contribution in [3.63, 3.8) is 0 Å². The van der Waals surface area contributed by atoms with E-state index < -0.39 is 0 Å². The van der Waals surface area contributed by atoms with Crippen molar-refractivity contribution in [2.75, 3.05) is 31.6 Å². The summed E-state index contributed by atoms with van der Waals surface area (Å²) in [5.41, 5.74) is 2.19. The summed E-state index contributed by atoms with van der Waals surface area (Å²) in [7, 11) is 0. The number of carbonyl (C=O) groups is 1. The van der Waals surface area contributed by atoms with Crippen LogP contribution >= 0.6 is 0 Å². The van der Waals surface area contributed by atoms with Gasteiger partial charge < -0.3 is 10.1 Å². The van der Waals surface area contributed by atoms with Crippen molar-refractivity contribution in [3.8, 4) is 0 Å². The Morgan fingerprint density at radius 1 is 1.43 bits per heavy atom. The van der Waals surface area contributed by atoms with Crippen LogP contribution in [0.5, 0.6) is 0 Å². The first kappa shape index (κ1) is 15.8. The van der Waals surface area contributed by atoms with Crippen molar-refractivity contribution in [2.24, 2.45) is 5.92 Å². The summed E-state index contributed by atoms with van der Waals surface area (Å²) in [6.07, 6.45) is 3.61. The number of anilines is 1. The average Bonchev–Trinajstić information content (AvgIpc) is 2.49. The molecule has 0 aliphatic carbocycles. The smallest absolute Gasteiger partial charge is 0.309 e. The number of esters is 1. The molecule has 0 amide bonds. The fraction of sp³-hybridized carbons (Fsp3) is 0.625. The van der Waals surface area contributed by atoms with Crippen LogP contribution in [0.15, 0.2) is 18.3 Å². The van der Waals surface area contributed by atoms with E-state index in [9.17, 15) is 4.79 Å². The highest BCUT2D eigenvalue weighted by Gasteiger charge is 2.25. The molecule has 2 rings (SSSR count). The molecule has 0 atom stereocenters. The molecule has 1 aromatic heterocycles. The predicted molar refractivity (Wildman–Crippen MR) is 83.0 cm³/mol. The third-order valence-corrected chi connectivity index (χ3v) is 3.79. The molecular formula is C16H25N3O2. The third-order valence-electron chi connectivity index (χ3n) is 3.79. The zero-order chi connectivity index (χ0) is 15.1. The molecule has 1 fully saturated rings. The van der Waals surface area contributed by atoms with Gasteiger partial charge in [0.2, 0.25) is 0 Å². The molecule has 5 heteroatoms. The van der Waals surface area contributed by atoms with Crippen molar-refractivity contribution in [1.29, 1.82) is 0 Å². The van der Waals surface area contributed by atoms with Gasteiger partial charge in [-0.3, -0.25) is 14.7 Å². The number of pyridine rings is 1. The third kappa shape index (κ3) is 4.70. The van der Waals surface area contributed by atoms with E-state index in [2.05, 4.69) is 28.2 Å². The lowest BCUT2D eigenvalue weighted by molar-refractivity contribution is -0.149. The largest absolute Gasteiger partial charge is 0.466 e. The van der Waals surface area contributed by atoms with E-state index in [0.717, 1.165) is 50.4 Å². The summed E-state index contributed by atoms with van der Waals surface area (Å²) in [5.74, 6) is 0.0340. The number of nitrogens with zero attached hydrogens (tertiary/aromatic N) is 2. The molecule has 1 N–H and O–H groups in total. The maximum absolute atomic E-state index is 11.7. The van der Waals surface area contributed by atoms with Crippen LogP contribution < -0.4 is 5.32 Å². The number of aromatic nitrogens is 1. The van der Waals surface area contributed by atoms with Crippen LogP contribution in [0.4, 0.5) is 5.69 Å². The van der Waals surface area contributed by atoms with Crippen LogP contribution in [0, 0.1) is 5.92 Å². The Morgan fingerprint density at radius 3 is 2.86 bits per heavy atom. The molecular weight excluding hydrogens is 266 g/mol. The second kappa shape index (κ2) is 7.98. The monoisotopic (exact) mass is 291 g/mol. The van der Waals surface area contributed by atoms with Gasteiger partial charge in [0, 0.05) is 25.0 Å². The van der Waals surface area contributed by atoms with Gasteiger partial charge in [0.05, 0.1) is 18.2 Å². The summed E-state index contributed by atoms with van der Waals surface area (Å²) in [6.45, 7) is 8.02. The average molecular weight is 291 g/mol. The second-order valence-electron chi connectivity index (χ2n) is 5.37. The minimum atomic E-state index is -0.0376. The van der Waals surface area contributed by atoms with E-state index in [0.29, 0.717) is 6.61 Å². The Morgan fingerprint density at radius 2 is 2.19 bits per heavy atom. The lowest BCUT2D eigenvalue weighted by atomic mass is 9.97. The van der Waals surface area contributed by atoms with Crippen molar-refractivity contribution < 1.29 is 9.53 Å². The number of likely N-dealkylation sites (tertiary alicyclic amines) is 1. The Hall–Kier alpha value is -1.62. The fourth-order valence-corrected chi connectivity index (χ4v) is 2.69. The van der Waals surface area contributed by atoms with Gasteiger partial charge in [-0.15, -0.1) is 0 Å². The molecule has 1 aromatic rings. The number of ether oxygens (including phenoxy) is 1. The Balaban J connectivity index is 1.83. The molecule has 0 spiro atoms. The Labute approximate surface area is 126 Å². The number of hydrogen-bond acceptors (Lipinski definition) is 5. The molecule has 5 nitrogen and oxygen atoms in total. The van der Waals surface area contributed by atoms with Crippen molar-refractivity contribution in [2.45, 2.75) is 33.2 Å². The second-order valence-corrected chi connectivity index (χ2v) is 5.37. The lowest BCUT2D eigenvalue weighted by Gasteiger charge is -2.30. The van der Waals surface area contributed by atoms with E-state index in [1.807, 2.05) is 19.2 Å². The molecule has 0 radical (unpaired) electrons. The van der Waals surface area contributed by atoms with E-state index in [1.165, 1.54) is 0 Å². The first-order valence-electron chi connectivity index (χ1n) is 7.80. The predicted octanol–water partition coefficient (Wildman–Crippen LogP) is 2.29. The molecule has 2 heterocycles. The standard InChI is InChI=1S/C16H25N3O2/c1-3-17-14-5-8-18-15(11-14)12-19-9-6-13(7-10-19)16(20)21-4-2/h5,8,11,13H,3-4,6-7,9-10,12H2,1-2H3,(H,17,18). The van der Waals surface area contributed by atoms with Gasteiger partial charge in [0.25, 0.3) is 0 Å². The van der Waals surface area contributed by atoms with E-state index in [-0.39, 0.29) is 11.9 Å². The number of hydrogen-bond donors (Lipinski definition) is 1. The summed E-state index contributed by atoms with van der Waals surface area (Å²) < 4.78 is 5.10. The zero-order valence-electron chi connectivity index (χ0n) is 13.0. The minimum Gasteiger partial charge on any atom is -0.466 e. The zero-order valence-corrected chi connectivity index (χ0v) is 13.0. The minimum absolute atomic E-state index is 0.0376. The highest BCUT2D eigenvalue weighted by Crippen LogP contribution is 2.20. The highest BCUT2D eigenvalue weighted by atomic mass is 16.5. The molecule has 21 heavy (non-hydrogen) atoms. The normalized spacial score (nSPS) is 16.7. The van der Waals surface area contributed by atoms with Crippen LogP contribution in [0.25, 0.3) is 0 Å². The molecule has 116 valence electrons. The van der Waals surface area contributed by atoms with Gasteiger partial charge in [0.1, 0.15) is 0 Å². The van der Waals surface area contributed by atoms with Crippen molar-refractivity contribution >= 4 is 11.7 Å². The topological polar surface area (TPSA) is 54.5 Å². The summed E-state index contributed by atoms with van der Waals surface area (Å²) in [4.78, 5) is 18.5. The maximum Gasteiger partial charge on any atom is 0.309 e. The van der Waals surface area contributed by atoms with Crippen LogP contribution in [-0.2, 0) is 16.1 Å². The number of rotatable bonds is 6. The van der Waals surface area contributed by atoms with Crippen LogP contribution in [0.2, 0.25) is 0 Å². The van der Waals surface area contributed by atoms with Gasteiger partial charge in [-0.05, 0) is 51.9 Å². The quantitative estimate of drug-likeness (QED) is 0.815. The molecule has 0 aromatic carbocycles. The van der Waals surface area contributed by atoms with Crippen molar-refractivity contribution in [3.05, 3.63) is 24.0 Å². The Kier molecular flexibility index (Phi) is 5.99. The van der Waals surface area contributed by atoms with E-state index in [1.54, 1.807) is 0 Å². The first-order chi connectivity index (χ1) is 10.2. The molecule has 1 aliphatic heterocycles. The van der Waals surface area contributed by atoms with Crippen LogP contribution in [0.1, 0.15) is 32.4 Å². The highest BCUT2D eigenvalue weighted by molar-refractivity contribution is 5.72. The van der Waals surface area contributed by atoms with E-state index >= 15 is 0 Å². The summed E-state index contributed by atoms with van der Waals surface area (Å²) in [5, 5.41) is 3.30.